The number of carboxylic acids is 1. The summed E-state index contributed by atoms with van der Waals surface area (Å²) < 4.78 is 11.2. The van der Waals surface area contributed by atoms with Crippen molar-refractivity contribution in [3.05, 3.63) is 11.6 Å². The Morgan fingerprint density at radius 3 is 2.37 bits per heavy atom. The van der Waals surface area contributed by atoms with Crippen LogP contribution in [0.15, 0.2) is 11.6 Å². The average Bonchev–Trinajstić information content (AvgIpc) is 3.25. The first-order valence-corrected chi connectivity index (χ1v) is 15.8. The number of ether oxygens (including phenoxy) is 2. The lowest BCUT2D eigenvalue weighted by Gasteiger charge is -2.59. The maximum Gasteiger partial charge on any atom is 0.326 e. The monoisotopic (exact) mass is 601 g/mol. The van der Waals surface area contributed by atoms with Crippen molar-refractivity contribution in [2.75, 3.05) is 6.61 Å². The predicted molar refractivity (Wildman–Crippen MR) is 155 cm³/mol. The van der Waals surface area contributed by atoms with Crippen LogP contribution in [0.25, 0.3) is 0 Å². The van der Waals surface area contributed by atoms with E-state index >= 15 is 0 Å². The molecule has 4 aliphatic rings. The summed E-state index contributed by atoms with van der Waals surface area (Å²) in [4.78, 5) is 74.8. The van der Waals surface area contributed by atoms with Crippen molar-refractivity contribution in [2.45, 2.75) is 117 Å². The summed E-state index contributed by atoms with van der Waals surface area (Å²) in [5.74, 6) is -2.68. The Bertz CT molecular complexity index is 1210. The summed E-state index contributed by atoms with van der Waals surface area (Å²) in [5, 5.41) is 11.8. The highest BCUT2D eigenvalue weighted by Crippen LogP contribution is 2.68. The number of hydrogen-bond acceptors (Lipinski definition) is 8. The third-order valence-corrected chi connectivity index (χ3v) is 11.6. The molecule has 1 amide bonds. The Morgan fingerprint density at radius 1 is 1.02 bits per heavy atom. The number of esters is 2. The van der Waals surface area contributed by atoms with Crippen LogP contribution in [0.3, 0.4) is 0 Å². The minimum atomic E-state index is -1.41. The molecule has 4 rings (SSSR count). The number of carbonyl (C=O) groups is 6. The molecule has 0 aromatic heterocycles. The molecular formula is C33H47NO9. The molecule has 10 heteroatoms. The van der Waals surface area contributed by atoms with Crippen molar-refractivity contribution in [3.8, 4) is 0 Å². The number of aliphatic carboxylic acids is 1. The number of fused-ring (bicyclic) bond motifs is 5. The molecule has 2 N–H and O–H groups in total. The molecule has 0 saturated heterocycles. The normalized spacial score (nSPS) is 34.4. The first-order chi connectivity index (χ1) is 20.2. The van der Waals surface area contributed by atoms with Gasteiger partial charge >= 0.3 is 17.9 Å². The minimum absolute atomic E-state index is 0.0320. The number of Topliss-reactive ketones (excluding diaryl/α,β-unsaturated/α-hetero) is 1. The van der Waals surface area contributed by atoms with Gasteiger partial charge in [0.15, 0.2) is 18.0 Å². The van der Waals surface area contributed by atoms with Crippen molar-refractivity contribution in [1.82, 2.24) is 5.32 Å². The van der Waals surface area contributed by atoms with Gasteiger partial charge in [-0.1, -0.05) is 39.7 Å². The largest absolute Gasteiger partial charge is 0.480 e. The molecule has 8 atom stereocenters. The summed E-state index contributed by atoms with van der Waals surface area (Å²) in [5.41, 5.74) is -0.799. The van der Waals surface area contributed by atoms with Crippen molar-refractivity contribution in [2.24, 2.45) is 34.5 Å². The van der Waals surface area contributed by atoms with Gasteiger partial charge < -0.3 is 19.9 Å². The van der Waals surface area contributed by atoms with Crippen LogP contribution in [0.5, 0.6) is 0 Å². The number of carbonyl (C=O) groups excluding carboxylic acids is 5. The Balaban J connectivity index is 1.42. The lowest BCUT2D eigenvalue weighted by atomic mass is 9.46. The summed E-state index contributed by atoms with van der Waals surface area (Å²) in [6, 6.07) is -1.06. The van der Waals surface area contributed by atoms with E-state index in [1.165, 1.54) is 12.5 Å². The lowest BCUT2D eigenvalue weighted by Crippen LogP contribution is -2.59. The third kappa shape index (κ3) is 6.03. The van der Waals surface area contributed by atoms with E-state index in [2.05, 4.69) is 12.2 Å². The van der Waals surface area contributed by atoms with E-state index in [4.69, 9.17) is 9.47 Å². The van der Waals surface area contributed by atoms with Crippen LogP contribution in [0, 0.1) is 34.5 Å². The maximum absolute atomic E-state index is 13.9. The Kier molecular flexibility index (Phi) is 9.57. The summed E-state index contributed by atoms with van der Waals surface area (Å²) in [6.07, 6.45) is 7.67. The van der Waals surface area contributed by atoms with Gasteiger partial charge in [0.05, 0.1) is 6.42 Å². The van der Waals surface area contributed by atoms with Gasteiger partial charge in [0, 0.05) is 25.2 Å². The number of nitrogens with one attached hydrogen (secondary N) is 1. The second-order valence-corrected chi connectivity index (χ2v) is 13.7. The fourth-order valence-electron chi connectivity index (χ4n) is 8.96. The molecule has 3 saturated carbocycles. The summed E-state index contributed by atoms with van der Waals surface area (Å²) in [6.45, 7) is 8.60. The van der Waals surface area contributed by atoms with Crippen LogP contribution in [-0.4, -0.2) is 58.7 Å². The zero-order valence-corrected chi connectivity index (χ0v) is 26.2. The van der Waals surface area contributed by atoms with Crippen LogP contribution < -0.4 is 5.32 Å². The zero-order chi connectivity index (χ0) is 31.7. The third-order valence-electron chi connectivity index (χ3n) is 11.6. The predicted octanol–water partition coefficient (Wildman–Crippen LogP) is 4.33. The van der Waals surface area contributed by atoms with Gasteiger partial charge in [0.1, 0.15) is 6.04 Å². The number of hydrogen-bond donors (Lipinski definition) is 2. The Morgan fingerprint density at radius 2 is 1.72 bits per heavy atom. The van der Waals surface area contributed by atoms with E-state index in [9.17, 15) is 33.9 Å². The molecule has 0 aliphatic heterocycles. The molecule has 238 valence electrons. The number of ketones is 2. The molecule has 0 spiro atoms. The smallest absolute Gasteiger partial charge is 0.326 e. The van der Waals surface area contributed by atoms with Crippen LogP contribution in [0.1, 0.15) is 105 Å². The average molecular weight is 602 g/mol. The first-order valence-electron chi connectivity index (χ1n) is 15.8. The number of rotatable bonds is 11. The van der Waals surface area contributed by atoms with Crippen LogP contribution in [0.2, 0.25) is 0 Å². The van der Waals surface area contributed by atoms with E-state index in [1.54, 1.807) is 6.92 Å². The lowest BCUT2D eigenvalue weighted by molar-refractivity contribution is -0.191. The summed E-state index contributed by atoms with van der Waals surface area (Å²) in [7, 11) is 0. The van der Waals surface area contributed by atoms with Gasteiger partial charge in [-0.05, 0) is 80.1 Å². The van der Waals surface area contributed by atoms with Crippen LogP contribution >= 0.6 is 0 Å². The quantitative estimate of drug-likeness (QED) is 0.330. The van der Waals surface area contributed by atoms with Gasteiger partial charge in [0.2, 0.25) is 11.7 Å². The molecule has 0 heterocycles. The zero-order valence-electron chi connectivity index (χ0n) is 26.2. The fraction of sp³-hybridized carbons (Fsp3) is 0.758. The Labute approximate surface area is 253 Å². The fourth-order valence-corrected chi connectivity index (χ4v) is 8.96. The van der Waals surface area contributed by atoms with Crippen molar-refractivity contribution in [3.63, 3.8) is 0 Å². The topological polar surface area (TPSA) is 153 Å². The molecule has 0 aromatic carbocycles. The number of amides is 1. The van der Waals surface area contributed by atoms with Gasteiger partial charge in [-0.3, -0.25) is 24.0 Å². The van der Waals surface area contributed by atoms with E-state index in [0.717, 1.165) is 32.1 Å². The van der Waals surface area contributed by atoms with Gasteiger partial charge in [-0.2, -0.15) is 0 Å². The van der Waals surface area contributed by atoms with Crippen LogP contribution in [0.4, 0.5) is 0 Å². The molecule has 4 aliphatic carbocycles. The standard InChI is InChI=1S/C33H47NO9/c1-6-19(2)29(30(40)41)34-27(38)9-10-28(39)42-18-26(37)33(43-20(3)35)16-13-25-23-8-7-21-17-22(36)11-14-31(21,4)24(23)12-15-32(25,33)5/h17,19,23-25,29H,6-16,18H2,1-5H3,(H,34,38)(H,40,41)/t19-,23+,24-,25+,29-,31-,32-,33-/m0/s1. The van der Waals surface area contributed by atoms with E-state index in [0.29, 0.717) is 37.5 Å². The molecule has 0 bridgehead atoms. The maximum atomic E-state index is 13.9. The highest BCUT2D eigenvalue weighted by molar-refractivity contribution is 5.94. The molecule has 43 heavy (non-hydrogen) atoms. The van der Waals surface area contributed by atoms with Gasteiger partial charge in [0.25, 0.3) is 0 Å². The van der Waals surface area contributed by atoms with Crippen molar-refractivity contribution >= 4 is 35.4 Å². The summed E-state index contributed by atoms with van der Waals surface area (Å²) >= 11 is 0. The Hall–Kier alpha value is -3.04. The van der Waals surface area contributed by atoms with E-state index in [-0.39, 0.29) is 35.9 Å². The highest BCUT2D eigenvalue weighted by Gasteiger charge is 2.68. The highest BCUT2D eigenvalue weighted by atomic mass is 16.6. The number of carboxylic acid groups (broad SMARTS) is 1. The molecule has 0 radical (unpaired) electrons. The van der Waals surface area contributed by atoms with Gasteiger partial charge in [-0.15, -0.1) is 0 Å². The molecule has 3 fully saturated rings. The van der Waals surface area contributed by atoms with E-state index < -0.39 is 53.3 Å². The first kappa shape index (κ1) is 32.9. The molecular weight excluding hydrogens is 554 g/mol. The number of allylic oxidation sites excluding steroid dienone is 1. The van der Waals surface area contributed by atoms with Crippen molar-refractivity contribution < 1.29 is 43.3 Å². The second-order valence-electron chi connectivity index (χ2n) is 13.7. The molecule has 10 nitrogen and oxygen atoms in total. The molecule has 0 unspecified atom stereocenters. The van der Waals surface area contributed by atoms with Gasteiger partial charge in [-0.25, -0.2) is 4.79 Å². The van der Waals surface area contributed by atoms with Crippen molar-refractivity contribution in [1.29, 1.82) is 0 Å². The minimum Gasteiger partial charge on any atom is -0.480 e. The molecule has 0 aromatic rings. The van der Waals surface area contributed by atoms with Crippen LogP contribution in [-0.2, 0) is 38.2 Å². The SMILES string of the molecule is CC[C@H](C)[C@H](NC(=O)CCC(=O)OCC(=O)[C@@]1(OC(C)=O)CC[C@@H]2[C@@H]3CCC4=CC(=O)CC[C@]4(C)[C@H]3CC[C@@]21C)C(=O)O. The second kappa shape index (κ2) is 12.5. The van der Waals surface area contributed by atoms with E-state index in [1.807, 2.05) is 19.9 Å².